The number of morpholine rings is 1. The maximum Gasteiger partial charge on any atom is 0.416 e. The molecule has 1 aromatic rings. The fourth-order valence-corrected chi connectivity index (χ4v) is 1.62. The van der Waals surface area contributed by atoms with E-state index in [0.717, 1.165) is 5.69 Å². The molecule has 1 atom stereocenters. The number of alkyl halides is 3. The van der Waals surface area contributed by atoms with Crippen LogP contribution in [0.3, 0.4) is 0 Å². The lowest BCUT2D eigenvalue weighted by atomic mass is 10.2. The molecule has 1 saturated heterocycles. The van der Waals surface area contributed by atoms with E-state index < -0.39 is 12.3 Å². The summed E-state index contributed by atoms with van der Waals surface area (Å²) in [6, 6.07) is 3.39. The van der Waals surface area contributed by atoms with Gasteiger partial charge in [-0.1, -0.05) is 0 Å². The monoisotopic (exact) mass is 247 g/mol. The maximum absolute atomic E-state index is 12.5. The van der Waals surface area contributed by atoms with Gasteiger partial charge < -0.3 is 9.64 Å². The predicted molar refractivity (Wildman–Crippen MR) is 54.8 cm³/mol. The standard InChI is InChI=1S/C10H12F3N3O/c1-7-2-3-9(15-14-7)16-4-5-17-8(6-16)10(11,12)13/h2-3,8H,4-6H2,1H3/t8-/m1/s1. The van der Waals surface area contributed by atoms with Gasteiger partial charge in [0.15, 0.2) is 11.9 Å². The average molecular weight is 247 g/mol. The summed E-state index contributed by atoms with van der Waals surface area (Å²) < 4.78 is 42.2. The Morgan fingerprint density at radius 2 is 2.12 bits per heavy atom. The molecular weight excluding hydrogens is 235 g/mol. The number of aromatic nitrogens is 2. The molecule has 1 aliphatic heterocycles. The lowest BCUT2D eigenvalue weighted by molar-refractivity contribution is -0.221. The van der Waals surface area contributed by atoms with Gasteiger partial charge in [0.2, 0.25) is 0 Å². The third kappa shape index (κ3) is 2.85. The number of hydrogen-bond donors (Lipinski definition) is 0. The first-order valence-corrected chi connectivity index (χ1v) is 5.20. The first kappa shape index (κ1) is 12.1. The van der Waals surface area contributed by atoms with Crippen LogP contribution in [0.5, 0.6) is 0 Å². The van der Waals surface area contributed by atoms with Crippen LogP contribution in [0.2, 0.25) is 0 Å². The fourth-order valence-electron chi connectivity index (χ4n) is 1.62. The van der Waals surface area contributed by atoms with Gasteiger partial charge in [-0.05, 0) is 19.1 Å². The summed E-state index contributed by atoms with van der Waals surface area (Å²) >= 11 is 0. The largest absolute Gasteiger partial charge is 0.416 e. The van der Waals surface area contributed by atoms with Crippen LogP contribution in [0.4, 0.5) is 19.0 Å². The zero-order valence-electron chi connectivity index (χ0n) is 9.24. The smallest absolute Gasteiger partial charge is 0.365 e. The molecule has 4 nitrogen and oxygen atoms in total. The molecule has 0 saturated carbocycles. The van der Waals surface area contributed by atoms with Crippen LogP contribution in [-0.2, 0) is 4.74 Å². The highest BCUT2D eigenvalue weighted by Gasteiger charge is 2.43. The first-order chi connectivity index (χ1) is 7.97. The van der Waals surface area contributed by atoms with Gasteiger partial charge in [-0.2, -0.15) is 18.3 Å². The summed E-state index contributed by atoms with van der Waals surface area (Å²) in [6.45, 7) is 1.97. The van der Waals surface area contributed by atoms with Crippen molar-refractivity contribution in [1.29, 1.82) is 0 Å². The Bertz CT molecular complexity index is 379. The van der Waals surface area contributed by atoms with Crippen molar-refractivity contribution in [2.24, 2.45) is 0 Å². The fraction of sp³-hybridized carbons (Fsp3) is 0.600. The highest BCUT2D eigenvalue weighted by molar-refractivity contribution is 5.37. The molecule has 2 heterocycles. The third-order valence-corrected chi connectivity index (χ3v) is 2.54. The number of ether oxygens (including phenoxy) is 1. The number of rotatable bonds is 1. The Kier molecular flexibility index (Phi) is 3.19. The van der Waals surface area contributed by atoms with Crippen LogP contribution >= 0.6 is 0 Å². The van der Waals surface area contributed by atoms with Gasteiger partial charge in [-0.3, -0.25) is 0 Å². The summed E-state index contributed by atoms with van der Waals surface area (Å²) in [6.07, 6.45) is -6.09. The Morgan fingerprint density at radius 1 is 1.35 bits per heavy atom. The van der Waals surface area contributed by atoms with Crippen molar-refractivity contribution in [2.45, 2.75) is 19.2 Å². The van der Waals surface area contributed by atoms with Crippen LogP contribution in [0, 0.1) is 6.92 Å². The maximum atomic E-state index is 12.5. The van der Waals surface area contributed by atoms with Crippen molar-refractivity contribution in [1.82, 2.24) is 10.2 Å². The number of hydrogen-bond acceptors (Lipinski definition) is 4. The van der Waals surface area contributed by atoms with Gasteiger partial charge in [-0.25, -0.2) is 0 Å². The van der Waals surface area contributed by atoms with E-state index in [0.29, 0.717) is 12.4 Å². The second-order valence-corrected chi connectivity index (χ2v) is 3.88. The van der Waals surface area contributed by atoms with E-state index in [2.05, 4.69) is 10.2 Å². The molecule has 94 valence electrons. The van der Waals surface area contributed by atoms with Crippen molar-refractivity contribution in [3.63, 3.8) is 0 Å². The highest BCUT2D eigenvalue weighted by atomic mass is 19.4. The van der Waals surface area contributed by atoms with Gasteiger partial charge in [0, 0.05) is 6.54 Å². The quantitative estimate of drug-likeness (QED) is 0.754. The molecule has 17 heavy (non-hydrogen) atoms. The molecule has 0 radical (unpaired) electrons. The van der Waals surface area contributed by atoms with Gasteiger partial charge >= 0.3 is 6.18 Å². The van der Waals surface area contributed by atoms with Crippen molar-refractivity contribution >= 4 is 5.82 Å². The van der Waals surface area contributed by atoms with Crippen molar-refractivity contribution in [2.75, 3.05) is 24.6 Å². The minimum absolute atomic E-state index is 0.0414. The Labute approximate surface area is 96.4 Å². The third-order valence-electron chi connectivity index (χ3n) is 2.54. The molecule has 7 heteroatoms. The minimum atomic E-state index is -4.34. The molecular formula is C10H12F3N3O. The molecule has 1 aromatic heterocycles. The zero-order chi connectivity index (χ0) is 12.5. The molecule has 1 aliphatic rings. The van der Waals surface area contributed by atoms with Crippen molar-refractivity contribution < 1.29 is 17.9 Å². The summed E-state index contributed by atoms with van der Waals surface area (Å²) in [7, 11) is 0. The SMILES string of the molecule is Cc1ccc(N2CCO[C@@H](C(F)(F)F)C2)nn1. The van der Waals surface area contributed by atoms with Crippen LogP contribution < -0.4 is 4.90 Å². The Balaban J connectivity index is 2.09. The van der Waals surface area contributed by atoms with Gasteiger partial charge in [0.05, 0.1) is 18.8 Å². The highest BCUT2D eigenvalue weighted by Crippen LogP contribution is 2.27. The molecule has 0 N–H and O–H groups in total. The van der Waals surface area contributed by atoms with E-state index in [9.17, 15) is 13.2 Å². The average Bonchev–Trinajstić information content (AvgIpc) is 2.29. The van der Waals surface area contributed by atoms with E-state index in [-0.39, 0.29) is 13.2 Å². The summed E-state index contributed by atoms with van der Waals surface area (Å²) in [5.41, 5.74) is 0.731. The number of halogens is 3. The van der Waals surface area contributed by atoms with E-state index in [1.54, 1.807) is 19.1 Å². The molecule has 0 aliphatic carbocycles. The first-order valence-electron chi connectivity index (χ1n) is 5.20. The molecule has 0 unspecified atom stereocenters. The number of aryl methyl sites for hydroxylation is 1. The zero-order valence-corrected chi connectivity index (χ0v) is 9.24. The molecule has 0 spiro atoms. The van der Waals surface area contributed by atoms with Crippen LogP contribution in [0.15, 0.2) is 12.1 Å². The Hall–Kier alpha value is -1.37. The van der Waals surface area contributed by atoms with Gasteiger partial charge in [0.25, 0.3) is 0 Å². The second kappa shape index (κ2) is 4.48. The van der Waals surface area contributed by atoms with Crippen molar-refractivity contribution in [3.8, 4) is 0 Å². The summed E-state index contributed by atoms with van der Waals surface area (Å²) in [5, 5.41) is 7.70. The number of anilines is 1. The lowest BCUT2D eigenvalue weighted by Crippen LogP contribution is -2.49. The van der Waals surface area contributed by atoms with Gasteiger partial charge in [-0.15, -0.1) is 5.10 Å². The van der Waals surface area contributed by atoms with E-state index in [1.165, 1.54) is 4.90 Å². The molecule has 1 fully saturated rings. The summed E-state index contributed by atoms with van der Waals surface area (Å²) in [5.74, 6) is 0.452. The lowest BCUT2D eigenvalue weighted by Gasteiger charge is -2.34. The Morgan fingerprint density at radius 3 is 2.71 bits per heavy atom. The van der Waals surface area contributed by atoms with E-state index in [1.807, 2.05) is 0 Å². The van der Waals surface area contributed by atoms with E-state index in [4.69, 9.17) is 4.74 Å². The summed E-state index contributed by atoms with van der Waals surface area (Å²) in [4.78, 5) is 1.54. The van der Waals surface area contributed by atoms with Gasteiger partial charge in [0.1, 0.15) is 0 Å². The number of nitrogens with zero attached hydrogens (tertiary/aromatic N) is 3. The molecule has 0 bridgehead atoms. The molecule has 0 amide bonds. The topological polar surface area (TPSA) is 38.2 Å². The minimum Gasteiger partial charge on any atom is -0.365 e. The van der Waals surface area contributed by atoms with Crippen LogP contribution in [-0.4, -0.2) is 42.2 Å². The molecule has 2 rings (SSSR count). The van der Waals surface area contributed by atoms with Crippen LogP contribution in [0.25, 0.3) is 0 Å². The molecule has 0 aromatic carbocycles. The predicted octanol–water partition coefficient (Wildman–Crippen LogP) is 1.55. The second-order valence-electron chi connectivity index (χ2n) is 3.88. The van der Waals surface area contributed by atoms with Crippen LogP contribution in [0.1, 0.15) is 5.69 Å². The van der Waals surface area contributed by atoms with E-state index >= 15 is 0 Å². The normalized spacial score (nSPS) is 21.6. The van der Waals surface area contributed by atoms with Crippen molar-refractivity contribution in [3.05, 3.63) is 17.8 Å².